The predicted octanol–water partition coefficient (Wildman–Crippen LogP) is 0.810. The van der Waals surface area contributed by atoms with Gasteiger partial charge in [0.05, 0.1) is 6.42 Å². The Hall–Kier alpha value is -2.28. The number of nitrogens with two attached hydrogens (primary N) is 1. The molecule has 8 heteroatoms. The third-order valence-corrected chi connectivity index (χ3v) is 2.89. The molecule has 0 saturated carbocycles. The van der Waals surface area contributed by atoms with E-state index in [2.05, 4.69) is 5.32 Å². The van der Waals surface area contributed by atoms with Crippen molar-refractivity contribution in [1.82, 2.24) is 10.2 Å². The van der Waals surface area contributed by atoms with E-state index in [1.54, 1.807) is 24.3 Å². The van der Waals surface area contributed by atoms with Gasteiger partial charge in [0.2, 0.25) is 5.91 Å². The van der Waals surface area contributed by atoms with Crippen molar-refractivity contribution >= 4 is 29.5 Å². The fraction of sp³-hybridized carbons (Fsp3) is 0.308. The molecule has 0 bridgehead atoms. The molecule has 1 aromatic carbocycles. The quantitative estimate of drug-likeness (QED) is 0.721. The van der Waals surface area contributed by atoms with Crippen molar-refractivity contribution in [3.63, 3.8) is 0 Å². The Balaban J connectivity index is 2.64. The smallest absolute Gasteiger partial charge is 0.326 e. The van der Waals surface area contributed by atoms with E-state index in [0.29, 0.717) is 5.02 Å². The number of carbonyl (C=O) groups excluding carboxylic acids is 2. The van der Waals surface area contributed by atoms with Crippen LogP contribution in [0.2, 0.25) is 5.02 Å². The van der Waals surface area contributed by atoms with Crippen molar-refractivity contribution in [3.05, 3.63) is 34.9 Å². The minimum Gasteiger partial charge on any atom is -0.480 e. The largest absolute Gasteiger partial charge is 0.480 e. The van der Waals surface area contributed by atoms with E-state index < -0.39 is 30.4 Å². The summed E-state index contributed by atoms with van der Waals surface area (Å²) < 4.78 is 0. The molecule has 0 spiro atoms. The average molecular weight is 314 g/mol. The van der Waals surface area contributed by atoms with Crippen LogP contribution in [0.1, 0.15) is 12.0 Å². The van der Waals surface area contributed by atoms with Gasteiger partial charge in [0.25, 0.3) is 0 Å². The Bertz CT molecular complexity index is 550. The van der Waals surface area contributed by atoms with Crippen molar-refractivity contribution in [2.45, 2.75) is 19.0 Å². The van der Waals surface area contributed by atoms with Crippen LogP contribution in [0, 0.1) is 0 Å². The van der Waals surface area contributed by atoms with E-state index in [1.807, 2.05) is 0 Å². The molecule has 0 unspecified atom stereocenters. The number of carboxylic acids is 1. The van der Waals surface area contributed by atoms with E-state index in [9.17, 15) is 14.4 Å². The maximum atomic E-state index is 11.9. The Morgan fingerprint density at radius 3 is 2.62 bits per heavy atom. The topological polar surface area (TPSA) is 113 Å². The summed E-state index contributed by atoms with van der Waals surface area (Å²) in [5.41, 5.74) is 5.73. The number of aliphatic carboxylic acids is 1. The molecule has 0 aliphatic carbocycles. The van der Waals surface area contributed by atoms with Crippen molar-refractivity contribution in [1.29, 1.82) is 0 Å². The number of rotatable bonds is 6. The molecule has 1 aromatic rings. The Kier molecular flexibility index (Phi) is 5.98. The van der Waals surface area contributed by atoms with Crippen LogP contribution in [0.4, 0.5) is 4.79 Å². The van der Waals surface area contributed by atoms with Gasteiger partial charge in [0.15, 0.2) is 0 Å². The first kappa shape index (κ1) is 16.8. The second kappa shape index (κ2) is 7.49. The van der Waals surface area contributed by atoms with Crippen molar-refractivity contribution in [2.24, 2.45) is 5.73 Å². The molecule has 3 amide bonds. The molecule has 1 atom stereocenters. The molecule has 114 valence electrons. The van der Waals surface area contributed by atoms with Crippen LogP contribution < -0.4 is 11.1 Å². The van der Waals surface area contributed by atoms with Gasteiger partial charge in [0.1, 0.15) is 6.04 Å². The molecule has 1 rings (SSSR count). The lowest BCUT2D eigenvalue weighted by Crippen LogP contribution is -2.48. The van der Waals surface area contributed by atoms with Gasteiger partial charge in [-0.15, -0.1) is 0 Å². The number of hydrogen-bond acceptors (Lipinski definition) is 3. The van der Waals surface area contributed by atoms with Gasteiger partial charge in [-0.05, 0) is 17.7 Å². The molecular formula is C13H16ClN3O4. The normalized spacial score (nSPS) is 11.5. The zero-order valence-electron chi connectivity index (χ0n) is 11.4. The van der Waals surface area contributed by atoms with E-state index in [1.165, 1.54) is 11.9 Å². The Morgan fingerprint density at radius 2 is 2.10 bits per heavy atom. The van der Waals surface area contributed by atoms with Gasteiger partial charge in [-0.3, -0.25) is 4.79 Å². The molecule has 0 aliphatic heterocycles. The van der Waals surface area contributed by atoms with Crippen LogP contribution in [0.5, 0.6) is 0 Å². The summed E-state index contributed by atoms with van der Waals surface area (Å²) in [5.74, 6) is -2.13. The van der Waals surface area contributed by atoms with E-state index in [-0.39, 0.29) is 6.54 Å². The first-order valence-electron chi connectivity index (χ1n) is 6.06. The summed E-state index contributed by atoms with van der Waals surface area (Å²) in [4.78, 5) is 34.9. The van der Waals surface area contributed by atoms with E-state index >= 15 is 0 Å². The lowest BCUT2D eigenvalue weighted by Gasteiger charge is -2.21. The first-order valence-corrected chi connectivity index (χ1v) is 6.44. The lowest BCUT2D eigenvalue weighted by atomic mass is 10.2. The maximum Gasteiger partial charge on any atom is 0.326 e. The fourth-order valence-corrected chi connectivity index (χ4v) is 1.85. The van der Waals surface area contributed by atoms with Crippen LogP contribution in [0.25, 0.3) is 0 Å². The second-order valence-electron chi connectivity index (χ2n) is 4.50. The summed E-state index contributed by atoms with van der Waals surface area (Å²) in [6, 6.07) is 4.96. The number of benzene rings is 1. The highest BCUT2D eigenvalue weighted by Gasteiger charge is 2.23. The highest BCUT2D eigenvalue weighted by atomic mass is 35.5. The SMILES string of the molecule is CN(Cc1cccc(Cl)c1)C(=O)N[C@H](CC(N)=O)C(=O)O. The molecule has 21 heavy (non-hydrogen) atoms. The zero-order chi connectivity index (χ0) is 16.0. The van der Waals surface area contributed by atoms with Crippen LogP contribution in [0.15, 0.2) is 24.3 Å². The molecule has 7 nitrogen and oxygen atoms in total. The Morgan fingerprint density at radius 1 is 1.43 bits per heavy atom. The number of carbonyl (C=O) groups is 3. The average Bonchev–Trinajstić information content (AvgIpc) is 2.37. The lowest BCUT2D eigenvalue weighted by molar-refractivity contribution is -0.140. The maximum absolute atomic E-state index is 11.9. The third-order valence-electron chi connectivity index (χ3n) is 2.66. The monoisotopic (exact) mass is 313 g/mol. The highest BCUT2D eigenvalue weighted by Crippen LogP contribution is 2.12. The second-order valence-corrected chi connectivity index (χ2v) is 4.93. The number of nitrogens with zero attached hydrogens (tertiary/aromatic N) is 1. The summed E-state index contributed by atoms with van der Waals surface area (Å²) in [5, 5.41) is 11.7. The molecule has 0 fully saturated rings. The van der Waals surface area contributed by atoms with Crippen LogP contribution >= 0.6 is 11.6 Å². The molecule has 4 N–H and O–H groups in total. The Labute approximate surface area is 126 Å². The van der Waals surface area contributed by atoms with Crippen LogP contribution in [-0.4, -0.2) is 41.0 Å². The minimum atomic E-state index is -1.35. The summed E-state index contributed by atoms with van der Waals surface area (Å²) in [6.07, 6.45) is -0.466. The number of carboxylic acid groups (broad SMARTS) is 1. The van der Waals surface area contributed by atoms with Crippen molar-refractivity contribution in [2.75, 3.05) is 7.05 Å². The number of urea groups is 1. The number of nitrogens with one attached hydrogen (secondary N) is 1. The number of halogens is 1. The summed E-state index contributed by atoms with van der Waals surface area (Å²) >= 11 is 5.84. The molecule has 0 heterocycles. The minimum absolute atomic E-state index is 0.245. The van der Waals surface area contributed by atoms with E-state index in [4.69, 9.17) is 22.4 Å². The molecule has 0 radical (unpaired) electrons. The van der Waals surface area contributed by atoms with E-state index in [0.717, 1.165) is 5.56 Å². The van der Waals surface area contributed by atoms with Crippen molar-refractivity contribution < 1.29 is 19.5 Å². The standard InChI is InChI=1S/C13H16ClN3O4/c1-17(7-8-3-2-4-9(14)5-8)13(21)16-10(12(19)20)6-11(15)18/h2-5,10H,6-7H2,1H3,(H2,15,18)(H,16,21)(H,19,20)/t10-/m1/s1. The zero-order valence-corrected chi connectivity index (χ0v) is 12.1. The molecule has 0 aromatic heterocycles. The van der Waals surface area contributed by atoms with Crippen LogP contribution in [-0.2, 0) is 16.1 Å². The van der Waals surface area contributed by atoms with Gasteiger partial charge >= 0.3 is 12.0 Å². The number of amides is 3. The fourth-order valence-electron chi connectivity index (χ4n) is 1.64. The van der Waals surface area contributed by atoms with Gasteiger partial charge < -0.3 is 21.1 Å². The predicted molar refractivity (Wildman–Crippen MR) is 76.7 cm³/mol. The highest BCUT2D eigenvalue weighted by molar-refractivity contribution is 6.30. The van der Waals surface area contributed by atoms with Crippen molar-refractivity contribution in [3.8, 4) is 0 Å². The molecule has 0 saturated heterocycles. The van der Waals surface area contributed by atoms with Gasteiger partial charge in [-0.25, -0.2) is 9.59 Å². The summed E-state index contributed by atoms with van der Waals surface area (Å²) in [7, 11) is 1.50. The van der Waals surface area contributed by atoms with Crippen LogP contribution in [0.3, 0.4) is 0 Å². The van der Waals surface area contributed by atoms with Gasteiger partial charge in [0, 0.05) is 18.6 Å². The third kappa shape index (κ3) is 5.70. The molecular weight excluding hydrogens is 298 g/mol. The number of hydrogen-bond donors (Lipinski definition) is 3. The molecule has 0 aliphatic rings. The first-order chi connectivity index (χ1) is 9.79. The number of primary amides is 1. The van der Waals surface area contributed by atoms with Gasteiger partial charge in [-0.2, -0.15) is 0 Å². The van der Waals surface area contributed by atoms with Gasteiger partial charge in [-0.1, -0.05) is 23.7 Å². The summed E-state index contributed by atoms with van der Waals surface area (Å²) in [6.45, 7) is 0.245.